The van der Waals surface area contributed by atoms with E-state index in [-0.39, 0.29) is 13.6 Å². The molecule has 4 N–H and O–H groups in total. The fourth-order valence-electron chi connectivity index (χ4n) is 5.38. The van der Waals surface area contributed by atoms with Gasteiger partial charge in [-0.3, -0.25) is 0 Å². The summed E-state index contributed by atoms with van der Waals surface area (Å²) in [6.07, 6.45) is 3.59. The van der Waals surface area contributed by atoms with Crippen LogP contribution in [0.2, 0.25) is 0 Å². The highest BCUT2D eigenvalue weighted by Crippen LogP contribution is 2.36. The smallest absolute Gasteiger partial charge is 0.231 e. The van der Waals surface area contributed by atoms with Crippen molar-refractivity contribution in [2.24, 2.45) is 0 Å². The Balaban J connectivity index is 0.000000162. The van der Waals surface area contributed by atoms with E-state index in [4.69, 9.17) is 18.9 Å². The van der Waals surface area contributed by atoms with E-state index in [1.165, 1.54) is 22.3 Å². The van der Waals surface area contributed by atoms with Crippen LogP contribution in [0.3, 0.4) is 0 Å². The Morgan fingerprint density at radius 2 is 0.788 bits per heavy atom. The van der Waals surface area contributed by atoms with Gasteiger partial charge in [0, 0.05) is 58.4 Å². The SMILES string of the molecule is Cc1ccc(Nc2nc(Nc3ccc4c(c3)OCO4)ncc2C)cc1C.Cc1ccc(Nc2ncc(C)c(Nc3ccc4c(c3)OCO4)n2)cc1C. The zero-order chi connectivity index (χ0) is 36.2. The molecule has 4 aromatic carbocycles. The number of aromatic nitrogens is 4. The van der Waals surface area contributed by atoms with Gasteiger partial charge < -0.3 is 40.2 Å². The maximum atomic E-state index is 5.42. The maximum absolute atomic E-state index is 5.42. The predicted molar refractivity (Wildman–Crippen MR) is 204 cm³/mol. The van der Waals surface area contributed by atoms with Gasteiger partial charge in [-0.15, -0.1) is 0 Å². The van der Waals surface area contributed by atoms with Crippen LogP contribution in [-0.2, 0) is 0 Å². The summed E-state index contributed by atoms with van der Waals surface area (Å²) in [5.41, 5.74) is 10.6. The maximum Gasteiger partial charge on any atom is 0.231 e. The third kappa shape index (κ3) is 7.91. The largest absolute Gasteiger partial charge is 0.454 e. The van der Waals surface area contributed by atoms with E-state index in [0.29, 0.717) is 11.9 Å². The topological polar surface area (TPSA) is 137 Å². The lowest BCUT2D eigenvalue weighted by atomic mass is 10.1. The fraction of sp³-hybridized carbons (Fsp3) is 0.200. The minimum atomic E-state index is 0.254. The molecule has 0 atom stereocenters. The van der Waals surface area contributed by atoms with E-state index in [9.17, 15) is 0 Å². The van der Waals surface area contributed by atoms with Gasteiger partial charge in [-0.05, 0) is 112 Å². The molecular formula is C40H40N8O4. The molecule has 0 unspecified atom stereocenters. The monoisotopic (exact) mass is 696 g/mol. The van der Waals surface area contributed by atoms with Crippen molar-refractivity contribution < 1.29 is 18.9 Å². The highest BCUT2D eigenvalue weighted by molar-refractivity contribution is 5.66. The first-order valence-electron chi connectivity index (χ1n) is 16.9. The Bertz CT molecular complexity index is 2260. The first kappa shape index (κ1) is 33.9. The van der Waals surface area contributed by atoms with Gasteiger partial charge in [0.05, 0.1) is 0 Å². The van der Waals surface area contributed by atoms with Gasteiger partial charge in [0.15, 0.2) is 23.0 Å². The van der Waals surface area contributed by atoms with E-state index in [0.717, 1.165) is 68.5 Å². The van der Waals surface area contributed by atoms with E-state index in [2.05, 4.69) is 99.2 Å². The third-order valence-corrected chi connectivity index (χ3v) is 8.74. The first-order valence-corrected chi connectivity index (χ1v) is 16.9. The molecule has 0 fully saturated rings. The van der Waals surface area contributed by atoms with Crippen LogP contribution >= 0.6 is 0 Å². The van der Waals surface area contributed by atoms with Crippen LogP contribution in [0.5, 0.6) is 23.0 Å². The molecular weight excluding hydrogens is 656 g/mol. The molecule has 0 spiro atoms. The van der Waals surface area contributed by atoms with Crippen molar-refractivity contribution in [3.8, 4) is 23.0 Å². The second-order valence-electron chi connectivity index (χ2n) is 12.7. The average molecular weight is 697 g/mol. The van der Waals surface area contributed by atoms with Crippen LogP contribution in [-0.4, -0.2) is 33.5 Å². The van der Waals surface area contributed by atoms with Crippen molar-refractivity contribution in [3.05, 3.63) is 119 Å². The van der Waals surface area contributed by atoms with E-state index < -0.39 is 0 Å². The van der Waals surface area contributed by atoms with Crippen molar-refractivity contribution in [2.45, 2.75) is 41.5 Å². The summed E-state index contributed by atoms with van der Waals surface area (Å²) in [5.74, 6) is 5.52. The number of hydrogen-bond donors (Lipinski definition) is 4. The summed E-state index contributed by atoms with van der Waals surface area (Å²) in [6, 6.07) is 23.8. The zero-order valence-electron chi connectivity index (χ0n) is 29.9. The number of nitrogens with one attached hydrogen (secondary N) is 4. The molecule has 2 aliphatic heterocycles. The number of ether oxygens (including phenoxy) is 4. The second-order valence-corrected chi connectivity index (χ2v) is 12.7. The molecule has 0 radical (unpaired) electrons. The zero-order valence-corrected chi connectivity index (χ0v) is 29.9. The van der Waals surface area contributed by atoms with Gasteiger partial charge in [0.25, 0.3) is 0 Å². The number of fused-ring (bicyclic) bond motifs is 2. The second kappa shape index (κ2) is 14.7. The van der Waals surface area contributed by atoms with Crippen molar-refractivity contribution >= 4 is 46.3 Å². The lowest BCUT2D eigenvalue weighted by Crippen LogP contribution is -2.03. The van der Waals surface area contributed by atoms with Crippen LogP contribution in [0.1, 0.15) is 33.4 Å². The molecule has 52 heavy (non-hydrogen) atoms. The van der Waals surface area contributed by atoms with Crippen LogP contribution in [0, 0.1) is 41.5 Å². The van der Waals surface area contributed by atoms with Gasteiger partial charge in [-0.2, -0.15) is 9.97 Å². The number of nitrogens with zero attached hydrogens (tertiary/aromatic N) is 4. The summed E-state index contributed by atoms with van der Waals surface area (Å²) in [6.45, 7) is 12.8. The molecule has 2 aliphatic rings. The molecule has 2 aromatic heterocycles. The highest BCUT2D eigenvalue weighted by atomic mass is 16.7. The van der Waals surface area contributed by atoms with Gasteiger partial charge in [-0.25, -0.2) is 9.97 Å². The molecule has 12 nitrogen and oxygen atoms in total. The van der Waals surface area contributed by atoms with Gasteiger partial charge in [0.1, 0.15) is 11.6 Å². The minimum absolute atomic E-state index is 0.254. The van der Waals surface area contributed by atoms with Crippen molar-refractivity contribution in [1.82, 2.24) is 19.9 Å². The van der Waals surface area contributed by atoms with Crippen molar-refractivity contribution in [2.75, 3.05) is 34.9 Å². The van der Waals surface area contributed by atoms with Gasteiger partial charge in [-0.1, -0.05) is 12.1 Å². The number of hydrogen-bond acceptors (Lipinski definition) is 12. The quantitative estimate of drug-likeness (QED) is 0.121. The van der Waals surface area contributed by atoms with Crippen LogP contribution < -0.4 is 40.2 Å². The van der Waals surface area contributed by atoms with Crippen molar-refractivity contribution in [3.63, 3.8) is 0 Å². The summed E-state index contributed by atoms with van der Waals surface area (Å²) in [7, 11) is 0. The molecule has 0 saturated heterocycles. The molecule has 6 aromatic rings. The molecule has 4 heterocycles. The Labute approximate surface area is 302 Å². The number of aryl methyl sites for hydroxylation is 6. The Morgan fingerprint density at radius 3 is 1.25 bits per heavy atom. The molecule has 12 heteroatoms. The van der Waals surface area contributed by atoms with Crippen molar-refractivity contribution in [1.29, 1.82) is 0 Å². The van der Waals surface area contributed by atoms with Crippen LogP contribution in [0.15, 0.2) is 85.2 Å². The van der Waals surface area contributed by atoms with E-state index >= 15 is 0 Å². The number of anilines is 8. The highest BCUT2D eigenvalue weighted by Gasteiger charge is 2.15. The van der Waals surface area contributed by atoms with Gasteiger partial charge >= 0.3 is 0 Å². The molecule has 0 saturated carbocycles. The summed E-state index contributed by atoms with van der Waals surface area (Å²) in [5, 5.41) is 13.2. The Hall–Kier alpha value is -6.56. The molecule has 264 valence electrons. The lowest BCUT2D eigenvalue weighted by molar-refractivity contribution is 0.173. The summed E-state index contributed by atoms with van der Waals surface area (Å²) < 4.78 is 21.5. The summed E-state index contributed by atoms with van der Waals surface area (Å²) >= 11 is 0. The van der Waals surface area contributed by atoms with Crippen LogP contribution in [0.25, 0.3) is 0 Å². The predicted octanol–water partition coefficient (Wildman–Crippen LogP) is 9.24. The standard InChI is InChI=1S/2C20H20N4O2/c1-12-4-5-15(8-13(12)2)23-20-21-10-14(3)19(24-20)22-16-6-7-17-18(9-16)26-11-25-17;1-12-4-5-15(8-13(12)2)22-19-14(3)10-21-20(24-19)23-16-6-7-17-18(9-16)26-11-25-17/h2*4-10H,11H2,1-3H3,(H2,21,22,23,24). The average Bonchev–Trinajstić information content (AvgIpc) is 3.81. The first-order chi connectivity index (χ1) is 25.2. The molecule has 0 bridgehead atoms. The lowest BCUT2D eigenvalue weighted by Gasteiger charge is -2.12. The number of rotatable bonds is 8. The van der Waals surface area contributed by atoms with Crippen LogP contribution in [0.4, 0.5) is 46.3 Å². The molecule has 8 rings (SSSR count). The molecule has 0 aliphatic carbocycles. The van der Waals surface area contributed by atoms with Gasteiger partial charge in [0.2, 0.25) is 25.5 Å². The third-order valence-electron chi connectivity index (χ3n) is 8.74. The normalized spacial score (nSPS) is 12.1. The molecule has 0 amide bonds. The minimum Gasteiger partial charge on any atom is -0.454 e. The Morgan fingerprint density at radius 1 is 0.404 bits per heavy atom. The Kier molecular flexibility index (Phi) is 9.61. The van der Waals surface area contributed by atoms with E-state index in [1.807, 2.05) is 56.3 Å². The van der Waals surface area contributed by atoms with E-state index in [1.54, 1.807) is 12.4 Å². The summed E-state index contributed by atoms with van der Waals surface area (Å²) in [4.78, 5) is 18.0. The number of benzene rings is 4. The fourth-order valence-corrected chi connectivity index (χ4v) is 5.38.